The summed E-state index contributed by atoms with van der Waals surface area (Å²) in [5.41, 5.74) is 0.566. The van der Waals surface area contributed by atoms with E-state index < -0.39 is 10.0 Å². The van der Waals surface area contributed by atoms with Gasteiger partial charge in [-0.25, -0.2) is 8.42 Å². The molecule has 2 aromatic carbocycles. The highest BCUT2D eigenvalue weighted by Crippen LogP contribution is 2.27. The third-order valence-corrected chi connectivity index (χ3v) is 6.08. The van der Waals surface area contributed by atoms with Crippen LogP contribution in [0.5, 0.6) is 5.75 Å². The van der Waals surface area contributed by atoms with Crippen molar-refractivity contribution in [3.63, 3.8) is 0 Å². The molecule has 0 unspecified atom stereocenters. The summed E-state index contributed by atoms with van der Waals surface area (Å²) < 4.78 is 31.9. The van der Waals surface area contributed by atoms with Crippen LogP contribution in [0.1, 0.15) is 24.2 Å². The number of carbonyl (C=O) groups is 1. The Bertz CT molecular complexity index is 912. The Hall–Kier alpha value is -2.25. The lowest BCUT2D eigenvalue weighted by Crippen LogP contribution is -2.29. The van der Waals surface area contributed by atoms with Crippen molar-refractivity contribution in [1.82, 2.24) is 5.32 Å². The van der Waals surface area contributed by atoms with Crippen molar-refractivity contribution < 1.29 is 17.9 Å². The quantitative estimate of drug-likeness (QED) is 0.757. The number of rotatable bonds is 7. The average Bonchev–Trinajstić information content (AvgIpc) is 2.65. The third kappa shape index (κ3) is 4.93. The van der Waals surface area contributed by atoms with E-state index in [2.05, 4.69) is 5.32 Å². The van der Waals surface area contributed by atoms with Crippen LogP contribution in [-0.2, 0) is 10.0 Å². The number of halogens is 1. The van der Waals surface area contributed by atoms with Crippen molar-refractivity contribution >= 4 is 33.2 Å². The molecule has 27 heavy (non-hydrogen) atoms. The molecule has 0 saturated heterocycles. The maximum absolute atomic E-state index is 12.9. The van der Waals surface area contributed by atoms with Gasteiger partial charge in [0.1, 0.15) is 5.75 Å². The van der Waals surface area contributed by atoms with Crippen LogP contribution < -0.4 is 14.4 Å². The van der Waals surface area contributed by atoms with E-state index in [1.807, 2.05) is 13.8 Å². The van der Waals surface area contributed by atoms with E-state index in [1.54, 1.807) is 18.2 Å². The minimum Gasteiger partial charge on any atom is -0.497 e. The lowest BCUT2D eigenvalue weighted by Gasteiger charge is -2.21. The summed E-state index contributed by atoms with van der Waals surface area (Å²) in [5, 5.41) is 3.04. The number of carbonyl (C=O) groups excluding carboxylic acids is 1. The normalized spacial score (nSPS) is 11.3. The number of amides is 1. The van der Waals surface area contributed by atoms with Crippen molar-refractivity contribution in [2.24, 2.45) is 5.92 Å². The van der Waals surface area contributed by atoms with Gasteiger partial charge in [0.05, 0.1) is 28.3 Å². The molecule has 0 heterocycles. The fraction of sp³-hybridized carbons (Fsp3) is 0.316. The number of hydrogen-bond donors (Lipinski definition) is 1. The van der Waals surface area contributed by atoms with Gasteiger partial charge in [0.25, 0.3) is 15.9 Å². The van der Waals surface area contributed by atoms with E-state index in [1.165, 1.54) is 38.4 Å². The number of hydrogen-bond acceptors (Lipinski definition) is 4. The molecule has 0 spiro atoms. The van der Waals surface area contributed by atoms with Crippen LogP contribution in [0.2, 0.25) is 5.02 Å². The second-order valence-corrected chi connectivity index (χ2v) is 8.79. The molecule has 0 aliphatic carbocycles. The van der Waals surface area contributed by atoms with E-state index in [0.29, 0.717) is 18.0 Å². The molecule has 0 atom stereocenters. The first-order valence-electron chi connectivity index (χ1n) is 8.37. The molecule has 0 aromatic heterocycles. The monoisotopic (exact) mass is 410 g/mol. The minimum atomic E-state index is -3.80. The molecule has 0 fully saturated rings. The van der Waals surface area contributed by atoms with Crippen molar-refractivity contribution in [2.45, 2.75) is 18.7 Å². The van der Waals surface area contributed by atoms with Crippen LogP contribution in [0, 0.1) is 5.92 Å². The van der Waals surface area contributed by atoms with E-state index in [-0.39, 0.29) is 27.3 Å². The van der Waals surface area contributed by atoms with Crippen molar-refractivity contribution in [3.05, 3.63) is 53.1 Å². The summed E-state index contributed by atoms with van der Waals surface area (Å²) in [6, 6.07) is 10.6. The summed E-state index contributed by atoms with van der Waals surface area (Å²) in [5.74, 6) is 0.507. The predicted octanol–water partition coefficient (Wildman–Crippen LogP) is 3.56. The van der Waals surface area contributed by atoms with Crippen LogP contribution in [0.15, 0.2) is 47.4 Å². The maximum Gasteiger partial charge on any atom is 0.264 e. The molecule has 0 bridgehead atoms. The number of methoxy groups -OCH3 is 1. The lowest BCUT2D eigenvalue weighted by molar-refractivity contribution is 0.0949. The van der Waals surface area contributed by atoms with Gasteiger partial charge in [-0.15, -0.1) is 0 Å². The summed E-state index contributed by atoms with van der Waals surface area (Å²) in [6.45, 7) is 4.46. The lowest BCUT2D eigenvalue weighted by atomic mass is 10.1. The fourth-order valence-electron chi connectivity index (χ4n) is 2.32. The van der Waals surface area contributed by atoms with E-state index in [4.69, 9.17) is 16.3 Å². The van der Waals surface area contributed by atoms with Crippen LogP contribution in [-0.4, -0.2) is 35.0 Å². The first-order valence-corrected chi connectivity index (χ1v) is 10.2. The van der Waals surface area contributed by atoms with Gasteiger partial charge in [0, 0.05) is 13.6 Å². The Balaban J connectivity index is 2.33. The van der Waals surface area contributed by atoms with Gasteiger partial charge < -0.3 is 10.1 Å². The predicted molar refractivity (Wildman–Crippen MR) is 107 cm³/mol. The molecule has 0 aliphatic heterocycles. The zero-order chi connectivity index (χ0) is 20.2. The van der Waals surface area contributed by atoms with Gasteiger partial charge in [-0.2, -0.15) is 0 Å². The largest absolute Gasteiger partial charge is 0.497 e. The molecule has 8 heteroatoms. The number of ether oxygens (including phenoxy) is 1. The van der Waals surface area contributed by atoms with Crippen LogP contribution >= 0.6 is 11.6 Å². The molecule has 2 aromatic rings. The molecule has 1 amide bonds. The Morgan fingerprint density at radius 3 is 2.37 bits per heavy atom. The Kier molecular flexibility index (Phi) is 6.73. The van der Waals surface area contributed by atoms with Crippen molar-refractivity contribution in [1.29, 1.82) is 0 Å². The minimum absolute atomic E-state index is 0.117. The number of nitrogens with one attached hydrogen (secondary N) is 1. The molecular weight excluding hydrogens is 388 g/mol. The second kappa shape index (κ2) is 8.63. The van der Waals surface area contributed by atoms with Gasteiger partial charge in [-0.05, 0) is 48.4 Å². The number of sulfonamides is 1. The Morgan fingerprint density at radius 2 is 1.81 bits per heavy atom. The highest BCUT2D eigenvalue weighted by molar-refractivity contribution is 7.92. The zero-order valence-corrected chi connectivity index (χ0v) is 17.3. The second-order valence-electron chi connectivity index (χ2n) is 6.42. The summed E-state index contributed by atoms with van der Waals surface area (Å²) in [7, 11) is -0.857. The van der Waals surface area contributed by atoms with Gasteiger partial charge in [0.2, 0.25) is 0 Å². The fourth-order valence-corrected chi connectivity index (χ4v) is 3.71. The highest BCUT2D eigenvalue weighted by atomic mass is 35.5. The molecule has 0 radical (unpaired) electrons. The standard InChI is InChI=1S/C19H23ClN2O4S/c1-13(2)12-21-19(23)17-11-14(5-10-18(17)20)22(3)27(24,25)16-8-6-15(26-4)7-9-16/h5-11,13H,12H2,1-4H3,(H,21,23). The molecule has 2 rings (SSSR count). The highest BCUT2D eigenvalue weighted by Gasteiger charge is 2.23. The zero-order valence-electron chi connectivity index (χ0n) is 15.7. The summed E-state index contributed by atoms with van der Waals surface area (Å²) in [4.78, 5) is 12.5. The summed E-state index contributed by atoms with van der Waals surface area (Å²) in [6.07, 6.45) is 0. The molecule has 146 valence electrons. The SMILES string of the molecule is COc1ccc(S(=O)(=O)N(C)c2ccc(Cl)c(C(=O)NCC(C)C)c2)cc1. The summed E-state index contributed by atoms with van der Waals surface area (Å²) >= 11 is 6.13. The Morgan fingerprint density at radius 1 is 1.19 bits per heavy atom. The molecule has 1 N–H and O–H groups in total. The van der Waals surface area contributed by atoms with Crippen molar-refractivity contribution in [3.8, 4) is 5.75 Å². The van der Waals surface area contributed by atoms with Crippen LogP contribution in [0.3, 0.4) is 0 Å². The van der Waals surface area contributed by atoms with E-state index in [0.717, 1.165) is 4.31 Å². The number of nitrogens with zero attached hydrogens (tertiary/aromatic N) is 1. The van der Waals surface area contributed by atoms with Gasteiger partial charge in [-0.1, -0.05) is 25.4 Å². The Labute approximate surface area is 165 Å². The third-order valence-electron chi connectivity index (χ3n) is 3.95. The van der Waals surface area contributed by atoms with Crippen molar-refractivity contribution in [2.75, 3.05) is 25.0 Å². The average molecular weight is 411 g/mol. The van der Waals surface area contributed by atoms with Crippen LogP contribution in [0.4, 0.5) is 5.69 Å². The van der Waals surface area contributed by atoms with Gasteiger partial charge >= 0.3 is 0 Å². The number of benzene rings is 2. The smallest absolute Gasteiger partial charge is 0.264 e. The maximum atomic E-state index is 12.9. The first kappa shape index (κ1) is 21.1. The first-order chi connectivity index (χ1) is 12.7. The molecule has 6 nitrogen and oxygen atoms in total. The topological polar surface area (TPSA) is 75.7 Å². The number of anilines is 1. The van der Waals surface area contributed by atoms with E-state index >= 15 is 0 Å². The van der Waals surface area contributed by atoms with Crippen LogP contribution in [0.25, 0.3) is 0 Å². The molecule has 0 aliphatic rings. The van der Waals surface area contributed by atoms with E-state index in [9.17, 15) is 13.2 Å². The van der Waals surface area contributed by atoms with Gasteiger partial charge in [0.15, 0.2) is 0 Å². The molecular formula is C19H23ClN2O4S. The van der Waals surface area contributed by atoms with Gasteiger partial charge in [-0.3, -0.25) is 9.10 Å². The molecule has 0 saturated carbocycles.